The van der Waals surface area contributed by atoms with Crippen LogP contribution >= 0.6 is 32.0 Å². The summed E-state index contributed by atoms with van der Waals surface area (Å²) in [4.78, 5) is 0. The molecule has 0 aliphatic rings. The van der Waals surface area contributed by atoms with Gasteiger partial charge in [0.1, 0.15) is 0 Å². The van der Waals surface area contributed by atoms with Gasteiger partial charge in [-0.3, -0.25) is 0 Å². The van der Waals surface area contributed by atoms with Gasteiger partial charge in [0.05, 0.1) is 18.2 Å². The Bertz CT molecular complexity index is 23.6. The molecule has 32 valence electrons. The Morgan fingerprint density at radius 1 is 2.00 bits per heavy atom. The van der Waals surface area contributed by atoms with Gasteiger partial charge in [0.25, 0.3) is 21.2 Å². The Morgan fingerprint density at radius 3 is 2.20 bits per heavy atom. The van der Waals surface area contributed by atoms with Gasteiger partial charge in [0.2, 0.25) is 0 Å². The van der Waals surface area contributed by atoms with Gasteiger partial charge in [-0.25, -0.2) is 0 Å². The van der Waals surface area contributed by atoms with Crippen LogP contribution in [0, 0.1) is 0 Å². The van der Waals surface area contributed by atoms with E-state index in [1.807, 2.05) is 27.5 Å². The summed E-state index contributed by atoms with van der Waals surface area (Å²) in [5.74, 6) is 0. The van der Waals surface area contributed by atoms with E-state index in [9.17, 15) is 4.55 Å². The maximum absolute atomic E-state index is 9.87. The van der Waals surface area contributed by atoms with Crippen molar-refractivity contribution in [3.63, 3.8) is 0 Å². The van der Waals surface area contributed by atoms with Crippen molar-refractivity contribution < 1.29 is 4.55 Å². The van der Waals surface area contributed by atoms with Crippen LogP contribution in [-0.2, 0) is 7.38 Å². The fraction of sp³-hybridized carbons (Fsp3) is 1.00. The lowest BCUT2D eigenvalue weighted by atomic mass is 12.0. The molecule has 0 bridgehead atoms. The maximum atomic E-state index is 9.87. The van der Waals surface area contributed by atoms with Crippen LogP contribution in [0.25, 0.3) is 0 Å². The minimum Gasteiger partial charge on any atom is -0.597 e. The van der Waals surface area contributed by atoms with Crippen LogP contribution in [-0.4, -0.2) is 10.8 Å². The highest BCUT2D eigenvalue weighted by molar-refractivity contribution is 14.2. The van der Waals surface area contributed by atoms with E-state index in [0.717, 1.165) is 0 Å². The van der Waals surface area contributed by atoms with Gasteiger partial charge in [-0.15, -0.1) is 0 Å². The van der Waals surface area contributed by atoms with E-state index in [2.05, 4.69) is 0 Å². The third-order valence-corrected chi connectivity index (χ3v) is 4.42. The summed E-state index contributed by atoms with van der Waals surface area (Å²) in [6.45, 7) is 0. The number of halogens is 1. The first-order valence-corrected chi connectivity index (χ1v) is 6.33. The molecule has 0 saturated carbocycles. The summed E-state index contributed by atoms with van der Waals surface area (Å²) in [5.41, 5.74) is 0. The molecule has 0 spiro atoms. The van der Waals surface area contributed by atoms with Crippen LogP contribution in [0.5, 0.6) is 0 Å². The Kier molecular flexibility index (Phi) is 4.57. The van der Waals surface area contributed by atoms with Crippen molar-refractivity contribution in [2.24, 2.45) is 0 Å². The molecule has 0 aliphatic heterocycles. The van der Waals surface area contributed by atoms with Gasteiger partial charge in [0.15, 0.2) is 0 Å². The van der Waals surface area contributed by atoms with Crippen molar-refractivity contribution in [3.05, 3.63) is 0 Å². The van der Waals surface area contributed by atoms with Crippen molar-refractivity contribution in [1.82, 2.24) is 0 Å². The van der Waals surface area contributed by atoms with Crippen LogP contribution in [0.15, 0.2) is 0 Å². The summed E-state index contributed by atoms with van der Waals surface area (Å²) in [6, 6.07) is 0. The Hall–Kier alpha value is 1.39. The van der Waals surface area contributed by atoms with Gasteiger partial charge in [-0.05, 0) is 0 Å². The first-order chi connectivity index (χ1) is 2.27. The zero-order chi connectivity index (χ0) is 4.28. The van der Waals surface area contributed by atoms with Gasteiger partial charge >= 0.3 is 0 Å². The minimum atomic E-state index is -0.686. The van der Waals surface area contributed by atoms with Crippen molar-refractivity contribution in [2.75, 3.05) is 6.26 Å². The molecular weight excluding hydrogens is 219 g/mol. The van der Waals surface area contributed by atoms with Gasteiger partial charge in [-0.1, -0.05) is 0 Å². The molecule has 0 rings (SSSR count). The molecule has 0 saturated heterocycles. The molecule has 4 heteroatoms. The van der Waals surface area contributed by atoms with Crippen molar-refractivity contribution in [3.8, 4) is 0 Å². The minimum absolute atomic E-state index is 0.686. The summed E-state index contributed by atoms with van der Waals surface area (Å²) in [6.07, 6.45) is 1.81. The second-order valence-corrected chi connectivity index (χ2v) is 7.18. The summed E-state index contributed by atoms with van der Waals surface area (Å²) < 4.78 is 9.87. The van der Waals surface area contributed by atoms with E-state index in [-0.39, 0.29) is 0 Å². The summed E-state index contributed by atoms with van der Waals surface area (Å²) in [5, 5.41) is 0. The molecule has 0 aromatic heterocycles. The standard InChI is InChI=1S/CH3IOS2/c1-4-5(2)3/h1H3. The third-order valence-electron chi connectivity index (χ3n) is 0.131. The lowest BCUT2D eigenvalue weighted by Crippen LogP contribution is -1.71. The fourth-order valence-electron chi connectivity index (χ4n) is 0. The van der Waals surface area contributed by atoms with E-state index in [0.29, 0.717) is 0 Å². The van der Waals surface area contributed by atoms with Crippen LogP contribution < -0.4 is 0 Å². The highest BCUT2D eigenvalue weighted by Crippen LogP contribution is 2.14. The predicted molar refractivity (Wildman–Crippen MR) is 35.7 cm³/mol. The van der Waals surface area contributed by atoms with Crippen molar-refractivity contribution in [1.29, 1.82) is 0 Å². The number of hydrogen-bond acceptors (Lipinski definition) is 2. The van der Waals surface area contributed by atoms with Gasteiger partial charge in [0, 0.05) is 6.26 Å². The molecule has 1 nitrogen and oxygen atoms in total. The SMILES string of the molecule is CS[S+]([O-])I. The molecule has 0 radical (unpaired) electrons. The van der Waals surface area contributed by atoms with Crippen molar-refractivity contribution >= 4 is 39.4 Å². The topological polar surface area (TPSA) is 23.1 Å². The van der Waals surface area contributed by atoms with E-state index < -0.39 is 7.38 Å². The van der Waals surface area contributed by atoms with Gasteiger partial charge < -0.3 is 4.55 Å². The Balaban J connectivity index is 2.54. The first-order valence-electron chi connectivity index (χ1n) is 0.896. The largest absolute Gasteiger partial charge is 0.597 e. The molecule has 5 heavy (non-hydrogen) atoms. The third kappa shape index (κ3) is 5.39. The fourth-order valence-corrected chi connectivity index (χ4v) is 0. The summed E-state index contributed by atoms with van der Waals surface area (Å²) >= 11 is 1.84. The average molecular weight is 222 g/mol. The van der Waals surface area contributed by atoms with E-state index in [4.69, 9.17) is 0 Å². The van der Waals surface area contributed by atoms with E-state index >= 15 is 0 Å². The van der Waals surface area contributed by atoms with Gasteiger partial charge in [-0.2, -0.15) is 0 Å². The highest BCUT2D eigenvalue weighted by Gasteiger charge is 1.90. The predicted octanol–water partition coefficient (Wildman–Crippen LogP) is 1.36. The number of rotatable bonds is 1. The molecule has 0 N–H and O–H groups in total. The Morgan fingerprint density at radius 2 is 2.20 bits per heavy atom. The molecule has 0 amide bonds. The van der Waals surface area contributed by atoms with Crippen LogP contribution in [0.3, 0.4) is 0 Å². The molecule has 1 atom stereocenters. The smallest absolute Gasteiger partial charge is 0.264 e. The summed E-state index contributed by atoms with van der Waals surface area (Å²) in [7, 11) is 0.653. The zero-order valence-corrected chi connectivity index (χ0v) is 6.39. The quantitative estimate of drug-likeness (QED) is 0.380. The lowest BCUT2D eigenvalue weighted by molar-refractivity contribution is 0.624. The van der Waals surface area contributed by atoms with Crippen LogP contribution in [0.2, 0.25) is 0 Å². The molecule has 0 aliphatic carbocycles. The molecule has 0 fully saturated rings. The molecule has 0 aromatic carbocycles. The maximum Gasteiger partial charge on any atom is 0.264 e. The second kappa shape index (κ2) is 3.58. The Labute approximate surface area is 50.1 Å². The molecular formula is CH3IOS2. The zero-order valence-electron chi connectivity index (χ0n) is 2.60. The van der Waals surface area contributed by atoms with E-state index in [1.165, 1.54) is 10.8 Å². The average Bonchev–Trinajstić information content (AvgIpc) is 1.38. The molecule has 0 heterocycles. The monoisotopic (exact) mass is 222 g/mol. The highest BCUT2D eigenvalue weighted by atomic mass is 127. The normalized spacial score (nSPS) is 15.0. The first kappa shape index (κ1) is 6.39. The second-order valence-electron chi connectivity index (χ2n) is 0.361. The van der Waals surface area contributed by atoms with Crippen LogP contribution in [0.1, 0.15) is 0 Å². The molecule has 0 aromatic rings. The molecule has 1 unspecified atom stereocenters. The number of hydrogen-bond donors (Lipinski definition) is 0. The lowest BCUT2D eigenvalue weighted by Gasteiger charge is -1.87. The van der Waals surface area contributed by atoms with Crippen molar-refractivity contribution in [2.45, 2.75) is 0 Å². The van der Waals surface area contributed by atoms with Crippen LogP contribution in [0.4, 0.5) is 0 Å². The van der Waals surface area contributed by atoms with E-state index in [1.54, 1.807) is 0 Å².